The number of rotatable bonds is 7. The van der Waals surface area contributed by atoms with Crippen LogP contribution in [0.15, 0.2) is 24.6 Å². The minimum atomic E-state index is -2.26. The highest BCUT2D eigenvalue weighted by molar-refractivity contribution is 7.40. The predicted molar refractivity (Wildman–Crippen MR) is 99.8 cm³/mol. The lowest BCUT2D eigenvalue weighted by atomic mass is 9.99. The lowest BCUT2D eigenvalue weighted by Gasteiger charge is -2.40. The third-order valence-electron chi connectivity index (χ3n) is 6.17. The van der Waals surface area contributed by atoms with Crippen molar-refractivity contribution in [1.82, 2.24) is 15.1 Å². The molecule has 2 N–H and O–H groups in total. The van der Waals surface area contributed by atoms with Gasteiger partial charge in [-0.3, -0.25) is 0 Å². The molecule has 2 fully saturated rings. The number of hydrogen-bond acceptors (Lipinski definition) is 4. The first-order chi connectivity index (χ1) is 11.0. The fraction of sp³-hybridized carbons (Fsp3) is 0.778. The van der Waals surface area contributed by atoms with E-state index in [-0.39, 0.29) is 17.5 Å². The van der Waals surface area contributed by atoms with Crippen molar-refractivity contribution in [2.75, 3.05) is 20.6 Å². The lowest BCUT2D eigenvalue weighted by Crippen LogP contribution is -2.48. The van der Waals surface area contributed by atoms with Crippen molar-refractivity contribution in [2.45, 2.75) is 57.4 Å². The van der Waals surface area contributed by atoms with Crippen LogP contribution in [0.1, 0.15) is 40.5 Å². The largest absolute Gasteiger partial charge is 0.534 e. The molecule has 1 aliphatic carbocycles. The van der Waals surface area contributed by atoms with Gasteiger partial charge in [-0.15, -0.1) is 0 Å². The zero-order chi connectivity index (χ0) is 18.4. The van der Waals surface area contributed by atoms with Gasteiger partial charge in [0.2, 0.25) is 0 Å². The molecule has 2 aliphatic rings. The molecule has 0 amide bonds. The SMILES string of the molecule is C=C(C1CC(C)CN1C(=C)C(C)(C)NC)N(C)C1([P+](=O)O)CC1C. The van der Waals surface area contributed by atoms with Crippen LogP contribution in [-0.2, 0) is 4.57 Å². The molecule has 0 bridgehead atoms. The second-order valence-electron chi connectivity index (χ2n) is 8.14. The van der Waals surface area contributed by atoms with E-state index in [4.69, 9.17) is 0 Å². The Morgan fingerprint density at radius 1 is 1.42 bits per heavy atom. The quantitative estimate of drug-likeness (QED) is 0.688. The molecule has 1 aliphatic heterocycles. The number of hydrogen-bond donors (Lipinski definition) is 2. The number of nitrogens with zero attached hydrogens (tertiary/aromatic N) is 2. The molecule has 0 radical (unpaired) electrons. The summed E-state index contributed by atoms with van der Waals surface area (Å²) in [6.07, 6.45) is 1.74. The van der Waals surface area contributed by atoms with Crippen LogP contribution in [0.4, 0.5) is 0 Å². The number of nitrogens with one attached hydrogen (secondary N) is 1. The van der Waals surface area contributed by atoms with Gasteiger partial charge in [-0.1, -0.05) is 27.0 Å². The van der Waals surface area contributed by atoms with E-state index in [1.54, 1.807) is 0 Å². The van der Waals surface area contributed by atoms with E-state index in [0.717, 1.165) is 30.8 Å². The highest BCUT2D eigenvalue weighted by atomic mass is 31.1. The summed E-state index contributed by atoms with van der Waals surface area (Å²) in [7, 11) is 1.60. The fourth-order valence-electron chi connectivity index (χ4n) is 3.89. The Morgan fingerprint density at radius 3 is 2.38 bits per heavy atom. The molecule has 1 heterocycles. The monoisotopic (exact) mass is 354 g/mol. The molecule has 0 aromatic heterocycles. The van der Waals surface area contributed by atoms with Crippen molar-refractivity contribution in [3.8, 4) is 0 Å². The third kappa shape index (κ3) is 3.02. The maximum Gasteiger partial charge on any atom is 0.534 e. The Balaban J connectivity index is 2.24. The molecule has 6 heteroatoms. The highest BCUT2D eigenvalue weighted by Crippen LogP contribution is 2.62. The summed E-state index contributed by atoms with van der Waals surface area (Å²) < 4.78 is 12.0. The van der Waals surface area contributed by atoms with Crippen molar-refractivity contribution in [2.24, 2.45) is 11.8 Å². The Morgan fingerprint density at radius 2 is 1.96 bits per heavy atom. The second-order valence-corrected chi connectivity index (χ2v) is 9.46. The molecule has 0 aromatic carbocycles. The molecule has 1 saturated heterocycles. The highest BCUT2D eigenvalue weighted by Gasteiger charge is 2.71. The fourth-order valence-corrected chi connectivity index (χ4v) is 5.08. The van der Waals surface area contributed by atoms with Crippen LogP contribution < -0.4 is 5.32 Å². The van der Waals surface area contributed by atoms with Gasteiger partial charge in [-0.05, 0) is 37.8 Å². The molecule has 1 saturated carbocycles. The maximum atomic E-state index is 12.0. The normalized spacial score (nSPS) is 33.4. The Kier molecular flexibility index (Phi) is 5.21. The van der Waals surface area contributed by atoms with Crippen LogP contribution in [0, 0.1) is 11.8 Å². The molecule has 5 unspecified atom stereocenters. The zero-order valence-corrected chi connectivity index (χ0v) is 16.9. The molecule has 136 valence electrons. The van der Waals surface area contributed by atoms with Gasteiger partial charge in [0.1, 0.15) is 0 Å². The first-order valence-corrected chi connectivity index (χ1v) is 9.94. The smallest absolute Gasteiger partial charge is 0.365 e. The summed E-state index contributed by atoms with van der Waals surface area (Å²) >= 11 is 0. The van der Waals surface area contributed by atoms with Gasteiger partial charge in [0.05, 0.1) is 11.6 Å². The number of likely N-dealkylation sites (N-methyl/N-ethyl adjacent to an activating group) is 2. The van der Waals surface area contributed by atoms with Gasteiger partial charge in [0.25, 0.3) is 5.28 Å². The van der Waals surface area contributed by atoms with Crippen LogP contribution in [0.25, 0.3) is 0 Å². The molecular weight excluding hydrogens is 321 g/mol. The van der Waals surface area contributed by atoms with E-state index in [0.29, 0.717) is 5.92 Å². The first-order valence-electron chi connectivity index (χ1n) is 8.72. The molecule has 0 aromatic rings. The lowest BCUT2D eigenvalue weighted by molar-refractivity contribution is 0.228. The molecule has 5 nitrogen and oxygen atoms in total. The predicted octanol–water partition coefficient (Wildman–Crippen LogP) is 3.12. The summed E-state index contributed by atoms with van der Waals surface area (Å²) in [4.78, 5) is 14.2. The van der Waals surface area contributed by atoms with Gasteiger partial charge in [-0.25, -0.2) is 0 Å². The summed E-state index contributed by atoms with van der Waals surface area (Å²) in [5.74, 6) is 0.761. The summed E-state index contributed by atoms with van der Waals surface area (Å²) in [6.45, 7) is 18.1. The van der Waals surface area contributed by atoms with Crippen LogP contribution in [0.3, 0.4) is 0 Å². The topological polar surface area (TPSA) is 55.8 Å². The van der Waals surface area contributed by atoms with Crippen molar-refractivity contribution in [3.05, 3.63) is 24.6 Å². The van der Waals surface area contributed by atoms with Gasteiger partial charge >= 0.3 is 8.03 Å². The average Bonchev–Trinajstić information content (AvgIpc) is 3.06. The molecule has 5 atom stereocenters. The summed E-state index contributed by atoms with van der Waals surface area (Å²) in [5, 5.41) is 2.68. The van der Waals surface area contributed by atoms with Crippen molar-refractivity contribution < 1.29 is 9.46 Å². The average molecular weight is 354 g/mol. The van der Waals surface area contributed by atoms with Crippen molar-refractivity contribution >= 4 is 8.03 Å². The summed E-state index contributed by atoms with van der Waals surface area (Å²) in [5.41, 5.74) is 1.77. The third-order valence-corrected chi connectivity index (χ3v) is 7.75. The van der Waals surface area contributed by atoms with E-state index in [1.807, 2.05) is 25.9 Å². The van der Waals surface area contributed by atoms with E-state index in [2.05, 4.69) is 44.1 Å². The molecule has 24 heavy (non-hydrogen) atoms. The van der Waals surface area contributed by atoms with Gasteiger partial charge in [0.15, 0.2) is 0 Å². The van der Waals surface area contributed by atoms with E-state index < -0.39 is 13.3 Å². The van der Waals surface area contributed by atoms with Crippen LogP contribution in [0.2, 0.25) is 0 Å². The van der Waals surface area contributed by atoms with Crippen molar-refractivity contribution in [1.29, 1.82) is 0 Å². The minimum absolute atomic E-state index is 0.129. The molecule has 2 rings (SSSR count). The molecule has 0 spiro atoms. The minimum Gasteiger partial charge on any atom is -0.365 e. The molecular formula is C18H33N3O2P+. The second kappa shape index (κ2) is 6.44. The van der Waals surface area contributed by atoms with E-state index in [1.165, 1.54) is 0 Å². The summed E-state index contributed by atoms with van der Waals surface area (Å²) in [6, 6.07) is 0.129. The van der Waals surface area contributed by atoms with E-state index >= 15 is 0 Å². The Labute approximate surface area is 147 Å². The first kappa shape index (κ1) is 19.4. The van der Waals surface area contributed by atoms with Crippen LogP contribution >= 0.6 is 8.03 Å². The Bertz CT molecular complexity index is 562. The van der Waals surface area contributed by atoms with Crippen LogP contribution in [0.5, 0.6) is 0 Å². The van der Waals surface area contributed by atoms with E-state index in [9.17, 15) is 9.46 Å². The van der Waals surface area contributed by atoms with Gasteiger partial charge < -0.3 is 15.1 Å². The zero-order valence-electron chi connectivity index (χ0n) is 16.0. The Hall–Kier alpha value is -0.900. The van der Waals surface area contributed by atoms with Crippen LogP contribution in [-0.4, -0.2) is 52.2 Å². The van der Waals surface area contributed by atoms with Crippen molar-refractivity contribution in [3.63, 3.8) is 0 Å². The maximum absolute atomic E-state index is 12.0. The van der Waals surface area contributed by atoms with Gasteiger partial charge in [-0.2, -0.15) is 4.89 Å². The number of likely N-dealkylation sites (tertiary alicyclic amines) is 1. The van der Waals surface area contributed by atoms with Gasteiger partial charge in [0, 0.05) is 37.3 Å². The standard InChI is InChI=1S/C18H32N3O2P/c1-12-9-16(21(11-12)15(4)17(5,6)19-7)14(3)20(8)18(24(22)23)10-13(18)2/h12-13,16,19H,3-4,9-11H2,1-2,5-8H3/p+1.